The monoisotopic (exact) mass is 341 g/mol. The number of anilines is 1. The van der Waals surface area contributed by atoms with Crippen LogP contribution in [0.3, 0.4) is 0 Å². The lowest BCUT2D eigenvalue weighted by molar-refractivity contribution is -0.125. The highest BCUT2D eigenvalue weighted by molar-refractivity contribution is 5.98. The van der Waals surface area contributed by atoms with E-state index in [0.29, 0.717) is 25.3 Å². The number of fused-ring (bicyclic) bond motifs is 1. The van der Waals surface area contributed by atoms with Crippen LogP contribution in [-0.4, -0.2) is 31.3 Å². The topological polar surface area (TPSA) is 38.8 Å². The lowest BCUT2D eigenvalue weighted by atomic mass is 10.0. The summed E-state index contributed by atoms with van der Waals surface area (Å²) in [5, 5.41) is 0. The zero-order chi connectivity index (χ0) is 17.2. The smallest absolute Gasteiger partial charge is 0.268 e. The van der Waals surface area contributed by atoms with Gasteiger partial charge in [0.25, 0.3) is 5.91 Å². The third-order valence-corrected chi connectivity index (χ3v) is 4.80. The van der Waals surface area contributed by atoms with Crippen molar-refractivity contribution in [1.82, 2.24) is 0 Å². The van der Waals surface area contributed by atoms with Gasteiger partial charge in [-0.2, -0.15) is 0 Å². The Morgan fingerprint density at radius 3 is 2.64 bits per heavy atom. The average Bonchev–Trinajstić information content (AvgIpc) is 3.07. The number of carbonyl (C=O) groups is 1. The van der Waals surface area contributed by atoms with Gasteiger partial charge in [0.2, 0.25) is 0 Å². The molecule has 0 saturated carbocycles. The fourth-order valence-corrected chi connectivity index (χ4v) is 3.56. The standard InChI is InChI=1S/C20H20FNO3/c21-15-5-3-6-17(13-15)22(16-8-10-24-11-9-16)20(23)19-12-14-4-1-2-7-18(14)25-19/h1-7,13,16,19H,8-12H2. The van der Waals surface area contributed by atoms with Crippen molar-refractivity contribution in [3.05, 3.63) is 59.9 Å². The summed E-state index contributed by atoms with van der Waals surface area (Å²) < 4.78 is 25.1. The highest BCUT2D eigenvalue weighted by Crippen LogP contribution is 2.32. The highest BCUT2D eigenvalue weighted by atomic mass is 19.1. The lowest BCUT2D eigenvalue weighted by Gasteiger charge is -2.35. The van der Waals surface area contributed by atoms with Crippen LogP contribution in [0.4, 0.5) is 10.1 Å². The quantitative estimate of drug-likeness (QED) is 0.859. The molecule has 130 valence electrons. The molecule has 0 radical (unpaired) electrons. The van der Waals surface area contributed by atoms with Crippen molar-refractivity contribution >= 4 is 11.6 Å². The summed E-state index contributed by atoms with van der Waals surface area (Å²) >= 11 is 0. The van der Waals surface area contributed by atoms with E-state index in [9.17, 15) is 9.18 Å². The summed E-state index contributed by atoms with van der Waals surface area (Å²) in [7, 11) is 0. The van der Waals surface area contributed by atoms with Gasteiger partial charge in [0.1, 0.15) is 11.6 Å². The summed E-state index contributed by atoms with van der Waals surface area (Å²) in [6.07, 6.45) is 1.46. The minimum Gasteiger partial charge on any atom is -0.480 e. The molecule has 5 heteroatoms. The normalized spacial score (nSPS) is 20.0. The van der Waals surface area contributed by atoms with Gasteiger partial charge < -0.3 is 14.4 Å². The molecule has 0 N–H and O–H groups in total. The van der Waals surface area contributed by atoms with Crippen LogP contribution in [-0.2, 0) is 16.0 Å². The second kappa shape index (κ2) is 6.84. The van der Waals surface area contributed by atoms with E-state index in [-0.39, 0.29) is 17.8 Å². The molecule has 1 saturated heterocycles. The van der Waals surface area contributed by atoms with Crippen molar-refractivity contribution in [1.29, 1.82) is 0 Å². The lowest BCUT2D eigenvalue weighted by Crippen LogP contribution is -2.49. The van der Waals surface area contributed by atoms with Gasteiger partial charge in [-0.05, 0) is 42.7 Å². The van der Waals surface area contributed by atoms with Gasteiger partial charge in [0.05, 0.1) is 0 Å². The number of nitrogens with zero attached hydrogens (tertiary/aromatic N) is 1. The summed E-state index contributed by atoms with van der Waals surface area (Å²) in [5.41, 5.74) is 1.61. The maximum Gasteiger partial charge on any atom is 0.268 e. The molecule has 0 bridgehead atoms. The first-order chi connectivity index (χ1) is 12.2. The maximum absolute atomic E-state index is 13.8. The Morgan fingerprint density at radius 2 is 1.88 bits per heavy atom. The van der Waals surface area contributed by atoms with Crippen LogP contribution in [0.1, 0.15) is 18.4 Å². The minimum absolute atomic E-state index is 0.00429. The predicted molar refractivity (Wildman–Crippen MR) is 92.3 cm³/mol. The van der Waals surface area contributed by atoms with E-state index in [1.165, 1.54) is 12.1 Å². The molecule has 2 aromatic carbocycles. The Balaban J connectivity index is 1.62. The first kappa shape index (κ1) is 16.1. The first-order valence-electron chi connectivity index (χ1n) is 8.63. The third kappa shape index (κ3) is 3.24. The Bertz CT molecular complexity index is 748. The van der Waals surface area contributed by atoms with Crippen LogP contribution in [0.5, 0.6) is 5.75 Å². The number of benzene rings is 2. The van der Waals surface area contributed by atoms with Crippen molar-refractivity contribution in [3.8, 4) is 5.75 Å². The minimum atomic E-state index is -0.566. The van der Waals surface area contributed by atoms with Crippen molar-refractivity contribution in [2.45, 2.75) is 31.4 Å². The van der Waals surface area contributed by atoms with E-state index in [1.54, 1.807) is 17.0 Å². The van der Waals surface area contributed by atoms with Crippen LogP contribution in [0.2, 0.25) is 0 Å². The van der Waals surface area contributed by atoms with Crippen molar-refractivity contribution in [2.75, 3.05) is 18.1 Å². The van der Waals surface area contributed by atoms with Gasteiger partial charge in [-0.15, -0.1) is 0 Å². The molecule has 2 heterocycles. The fourth-order valence-electron chi connectivity index (χ4n) is 3.56. The predicted octanol–water partition coefficient (Wildman–Crippen LogP) is 3.34. The zero-order valence-corrected chi connectivity index (χ0v) is 13.9. The van der Waals surface area contributed by atoms with Crippen LogP contribution in [0.15, 0.2) is 48.5 Å². The number of halogens is 1. The van der Waals surface area contributed by atoms with Crippen LogP contribution in [0.25, 0.3) is 0 Å². The molecule has 0 aliphatic carbocycles. The van der Waals surface area contributed by atoms with E-state index in [4.69, 9.17) is 9.47 Å². The fraction of sp³-hybridized carbons (Fsp3) is 0.350. The Morgan fingerprint density at radius 1 is 1.08 bits per heavy atom. The van der Waals surface area contributed by atoms with Crippen molar-refractivity contribution < 1.29 is 18.7 Å². The molecule has 4 nitrogen and oxygen atoms in total. The number of para-hydroxylation sites is 1. The zero-order valence-electron chi connectivity index (χ0n) is 13.9. The number of amides is 1. The Kier molecular flexibility index (Phi) is 4.40. The number of hydrogen-bond donors (Lipinski definition) is 0. The number of carbonyl (C=O) groups excluding carboxylic acids is 1. The van der Waals surface area contributed by atoms with Gasteiger partial charge in [0.15, 0.2) is 6.10 Å². The molecular formula is C20H20FNO3. The summed E-state index contributed by atoms with van der Waals surface area (Å²) in [4.78, 5) is 15.0. The maximum atomic E-state index is 13.8. The van der Waals surface area contributed by atoms with Gasteiger partial charge in [-0.3, -0.25) is 4.79 Å². The van der Waals surface area contributed by atoms with Gasteiger partial charge in [-0.25, -0.2) is 4.39 Å². The molecule has 2 aliphatic heterocycles. The average molecular weight is 341 g/mol. The molecule has 2 aromatic rings. The third-order valence-electron chi connectivity index (χ3n) is 4.80. The number of hydrogen-bond acceptors (Lipinski definition) is 3. The first-order valence-corrected chi connectivity index (χ1v) is 8.63. The Labute approximate surface area is 146 Å². The second-order valence-corrected chi connectivity index (χ2v) is 6.45. The summed E-state index contributed by atoms with van der Waals surface area (Å²) in [6.45, 7) is 1.21. The van der Waals surface area contributed by atoms with E-state index >= 15 is 0 Å². The molecular weight excluding hydrogens is 321 g/mol. The summed E-state index contributed by atoms with van der Waals surface area (Å²) in [6, 6.07) is 13.9. The van der Waals surface area contributed by atoms with Crippen LogP contribution < -0.4 is 9.64 Å². The largest absolute Gasteiger partial charge is 0.480 e. The van der Waals surface area contributed by atoms with Crippen molar-refractivity contribution in [3.63, 3.8) is 0 Å². The summed E-state index contributed by atoms with van der Waals surface area (Å²) in [5.74, 6) is 0.290. The molecule has 1 atom stereocenters. The van der Waals surface area contributed by atoms with Crippen LogP contribution in [0, 0.1) is 5.82 Å². The van der Waals surface area contributed by atoms with E-state index in [1.807, 2.05) is 24.3 Å². The molecule has 4 rings (SSSR count). The second-order valence-electron chi connectivity index (χ2n) is 6.45. The molecule has 0 aromatic heterocycles. The van der Waals surface area contributed by atoms with Gasteiger partial charge in [-0.1, -0.05) is 24.3 Å². The highest BCUT2D eigenvalue weighted by Gasteiger charge is 2.36. The number of rotatable bonds is 3. The molecule has 25 heavy (non-hydrogen) atoms. The molecule has 0 spiro atoms. The molecule has 1 unspecified atom stereocenters. The van der Waals surface area contributed by atoms with Crippen molar-refractivity contribution in [2.24, 2.45) is 0 Å². The van der Waals surface area contributed by atoms with E-state index < -0.39 is 6.10 Å². The Hall–Kier alpha value is -2.40. The van der Waals surface area contributed by atoms with E-state index in [2.05, 4.69) is 0 Å². The molecule has 2 aliphatic rings. The number of ether oxygens (including phenoxy) is 2. The van der Waals surface area contributed by atoms with Gasteiger partial charge >= 0.3 is 0 Å². The van der Waals surface area contributed by atoms with Crippen LogP contribution >= 0.6 is 0 Å². The van der Waals surface area contributed by atoms with E-state index in [0.717, 1.165) is 24.2 Å². The SMILES string of the molecule is O=C(C1Cc2ccccc2O1)N(c1cccc(F)c1)C1CCOCC1. The molecule has 1 fully saturated rings. The van der Waals surface area contributed by atoms with Gasteiger partial charge in [0, 0.05) is 31.4 Å². The molecule has 1 amide bonds.